The summed E-state index contributed by atoms with van der Waals surface area (Å²) in [4.78, 5) is 12.8. The first-order chi connectivity index (χ1) is 14.6. The molecule has 0 saturated heterocycles. The molecule has 5 rings (SSSR count). The Morgan fingerprint density at radius 3 is 2.53 bits per heavy atom. The first-order valence-electron chi connectivity index (χ1n) is 10.5. The highest BCUT2D eigenvalue weighted by Crippen LogP contribution is 2.53. The number of carbonyl (C=O) groups is 1. The van der Waals surface area contributed by atoms with E-state index in [2.05, 4.69) is 36.5 Å². The molecule has 4 heteroatoms. The molecular weight excluding hydrogens is 370 g/mol. The molecule has 3 aromatic rings. The molecule has 2 aliphatic carbocycles. The van der Waals surface area contributed by atoms with Crippen molar-refractivity contribution in [2.75, 3.05) is 0 Å². The number of aromatic nitrogens is 2. The molecule has 4 nitrogen and oxygen atoms in total. The maximum Gasteiger partial charge on any atom is 0.176 e. The molecule has 0 radical (unpaired) electrons. The van der Waals surface area contributed by atoms with Gasteiger partial charge in [-0.3, -0.25) is 9.48 Å². The Hall–Kier alpha value is -3.45. The molecule has 0 saturated carbocycles. The minimum absolute atomic E-state index is 0.0405. The molecule has 3 atom stereocenters. The summed E-state index contributed by atoms with van der Waals surface area (Å²) in [6.07, 6.45) is 5.86. The van der Waals surface area contributed by atoms with E-state index in [0.717, 1.165) is 24.1 Å². The second kappa shape index (κ2) is 7.11. The van der Waals surface area contributed by atoms with Gasteiger partial charge in [0.2, 0.25) is 0 Å². The van der Waals surface area contributed by atoms with E-state index in [4.69, 9.17) is 5.10 Å². The highest BCUT2D eigenvalue weighted by atomic mass is 16.1. The maximum absolute atomic E-state index is 12.8. The van der Waals surface area contributed by atoms with Crippen LogP contribution in [0.15, 0.2) is 78.5 Å². The number of carbonyl (C=O) groups excluding carboxylic acids is 1. The van der Waals surface area contributed by atoms with E-state index in [-0.39, 0.29) is 23.2 Å². The lowest BCUT2D eigenvalue weighted by atomic mass is 9.54. The predicted octanol–water partition coefficient (Wildman–Crippen LogP) is 4.45. The van der Waals surface area contributed by atoms with Gasteiger partial charge in [0.1, 0.15) is 6.07 Å². The number of benzene rings is 2. The average molecular weight is 393 g/mol. The van der Waals surface area contributed by atoms with E-state index < -0.39 is 5.41 Å². The van der Waals surface area contributed by atoms with Crippen LogP contribution in [-0.2, 0) is 23.2 Å². The minimum Gasteiger partial charge on any atom is -0.293 e. The van der Waals surface area contributed by atoms with Crippen LogP contribution in [0.3, 0.4) is 0 Å². The van der Waals surface area contributed by atoms with Gasteiger partial charge in [-0.05, 0) is 41.5 Å². The predicted molar refractivity (Wildman–Crippen MR) is 115 cm³/mol. The lowest BCUT2D eigenvalue weighted by Gasteiger charge is -2.46. The summed E-state index contributed by atoms with van der Waals surface area (Å²) in [5.41, 5.74) is 4.22. The lowest BCUT2D eigenvalue weighted by molar-refractivity contribution is -0.121. The fraction of sp³-hybridized carbons (Fsp3) is 0.269. The molecule has 0 amide bonds. The lowest BCUT2D eigenvalue weighted by Crippen LogP contribution is -2.48. The number of hydrogen-bond acceptors (Lipinski definition) is 3. The number of nitrogens with zero attached hydrogens (tertiary/aromatic N) is 3. The zero-order valence-electron chi connectivity index (χ0n) is 17.0. The number of fused-ring (bicyclic) bond motifs is 3. The molecule has 1 heterocycles. The standard InChI is InChI=1S/C26H23N3O/c1-18-23-13-12-20-17-29(16-19-8-4-2-5-9-19)28-25(20)26(23,14-21(15-27)24(18)30)22-10-6-3-7-11-22/h2-11,14,17-18,23H,12-13,16H2,1H3/t18-,23-,26+/m0/s1. The summed E-state index contributed by atoms with van der Waals surface area (Å²) < 4.78 is 2.01. The van der Waals surface area contributed by atoms with E-state index >= 15 is 0 Å². The van der Waals surface area contributed by atoms with Crippen molar-refractivity contribution in [1.82, 2.24) is 9.78 Å². The van der Waals surface area contributed by atoms with Crippen molar-refractivity contribution in [3.05, 3.63) is 101 Å². The monoisotopic (exact) mass is 393 g/mol. The van der Waals surface area contributed by atoms with Crippen LogP contribution in [0.5, 0.6) is 0 Å². The fourth-order valence-corrected chi connectivity index (χ4v) is 5.34. The van der Waals surface area contributed by atoms with Crippen molar-refractivity contribution in [1.29, 1.82) is 5.26 Å². The van der Waals surface area contributed by atoms with Gasteiger partial charge in [0.25, 0.3) is 0 Å². The third kappa shape index (κ3) is 2.74. The largest absolute Gasteiger partial charge is 0.293 e. The van der Waals surface area contributed by atoms with Crippen molar-refractivity contribution in [2.24, 2.45) is 11.8 Å². The van der Waals surface area contributed by atoms with E-state index in [1.807, 2.05) is 54.1 Å². The van der Waals surface area contributed by atoms with Gasteiger partial charge in [-0.15, -0.1) is 0 Å². The molecule has 2 aliphatic rings. The summed E-state index contributed by atoms with van der Waals surface area (Å²) in [5, 5.41) is 14.8. The molecule has 148 valence electrons. The third-order valence-corrected chi connectivity index (χ3v) is 6.75. The van der Waals surface area contributed by atoms with Crippen LogP contribution >= 0.6 is 0 Å². The van der Waals surface area contributed by atoms with Gasteiger partial charge >= 0.3 is 0 Å². The van der Waals surface area contributed by atoms with Crippen LogP contribution in [0.25, 0.3) is 0 Å². The number of aryl methyl sites for hydroxylation is 1. The van der Waals surface area contributed by atoms with E-state index in [9.17, 15) is 10.1 Å². The summed E-state index contributed by atoms with van der Waals surface area (Å²) in [6, 6.07) is 22.7. The van der Waals surface area contributed by atoms with Gasteiger partial charge in [-0.2, -0.15) is 10.4 Å². The van der Waals surface area contributed by atoms with Crippen LogP contribution < -0.4 is 0 Å². The number of Topliss-reactive ketones (excluding diaryl/α,β-unsaturated/α-hetero) is 1. The summed E-state index contributed by atoms with van der Waals surface area (Å²) in [5.74, 6) is -0.157. The van der Waals surface area contributed by atoms with Crippen molar-refractivity contribution >= 4 is 5.78 Å². The van der Waals surface area contributed by atoms with Crippen LogP contribution in [0.4, 0.5) is 0 Å². The highest BCUT2D eigenvalue weighted by molar-refractivity contribution is 6.02. The molecule has 0 unspecified atom stereocenters. The summed E-state index contributed by atoms with van der Waals surface area (Å²) in [6.45, 7) is 2.67. The third-order valence-electron chi connectivity index (χ3n) is 6.75. The first-order valence-corrected chi connectivity index (χ1v) is 10.5. The van der Waals surface area contributed by atoms with E-state index in [1.165, 1.54) is 11.1 Å². The number of ketones is 1. The number of hydrogen-bond donors (Lipinski definition) is 0. The molecule has 30 heavy (non-hydrogen) atoms. The normalized spacial score (nSPS) is 25.1. The van der Waals surface area contributed by atoms with Crippen molar-refractivity contribution in [3.63, 3.8) is 0 Å². The number of allylic oxidation sites excluding steroid dienone is 2. The minimum atomic E-state index is -0.546. The molecule has 2 aromatic carbocycles. The fourth-order valence-electron chi connectivity index (χ4n) is 5.34. The zero-order valence-corrected chi connectivity index (χ0v) is 17.0. The Bertz CT molecular complexity index is 1170. The molecule has 0 fully saturated rings. The molecule has 0 bridgehead atoms. The number of nitriles is 1. The topological polar surface area (TPSA) is 58.7 Å². The van der Waals surface area contributed by atoms with E-state index in [0.29, 0.717) is 6.54 Å². The second-order valence-corrected chi connectivity index (χ2v) is 8.39. The van der Waals surface area contributed by atoms with Crippen LogP contribution in [0.2, 0.25) is 0 Å². The van der Waals surface area contributed by atoms with Crippen molar-refractivity contribution in [2.45, 2.75) is 31.7 Å². The van der Waals surface area contributed by atoms with Crippen LogP contribution in [0, 0.1) is 23.2 Å². The smallest absolute Gasteiger partial charge is 0.176 e. The molecule has 0 aliphatic heterocycles. The summed E-state index contributed by atoms with van der Waals surface area (Å²) in [7, 11) is 0. The molecule has 1 aromatic heterocycles. The number of rotatable bonds is 3. The molecule has 0 spiro atoms. The Balaban J connectivity index is 1.71. The van der Waals surface area contributed by atoms with Crippen LogP contribution in [-0.4, -0.2) is 15.6 Å². The second-order valence-electron chi connectivity index (χ2n) is 8.39. The van der Waals surface area contributed by atoms with Gasteiger partial charge in [0.15, 0.2) is 5.78 Å². The van der Waals surface area contributed by atoms with Gasteiger partial charge in [-0.1, -0.05) is 67.6 Å². The highest BCUT2D eigenvalue weighted by Gasteiger charge is 2.53. The zero-order chi connectivity index (χ0) is 20.7. The van der Waals surface area contributed by atoms with Crippen LogP contribution in [0.1, 0.15) is 35.7 Å². The van der Waals surface area contributed by atoms with Crippen molar-refractivity contribution < 1.29 is 4.79 Å². The average Bonchev–Trinajstić information content (AvgIpc) is 3.20. The van der Waals surface area contributed by atoms with Gasteiger partial charge in [-0.25, -0.2) is 0 Å². The van der Waals surface area contributed by atoms with Crippen molar-refractivity contribution in [3.8, 4) is 6.07 Å². The Morgan fingerprint density at radius 2 is 1.83 bits per heavy atom. The van der Waals surface area contributed by atoms with Gasteiger partial charge < -0.3 is 0 Å². The quantitative estimate of drug-likeness (QED) is 0.661. The Kier molecular flexibility index (Phi) is 4.40. The molecule has 0 N–H and O–H groups in total. The van der Waals surface area contributed by atoms with E-state index in [1.54, 1.807) is 0 Å². The first kappa shape index (κ1) is 18.6. The van der Waals surface area contributed by atoms with Gasteiger partial charge in [0.05, 0.1) is 23.2 Å². The maximum atomic E-state index is 12.8. The Labute approximate surface area is 176 Å². The SMILES string of the molecule is C[C@@H]1C(=O)C(C#N)=C[C@]2(c3ccccc3)c3nn(Cc4ccccc4)cc3CC[C@@H]12. The van der Waals surface area contributed by atoms with Gasteiger partial charge in [0, 0.05) is 12.1 Å². The Morgan fingerprint density at radius 1 is 1.13 bits per heavy atom. The summed E-state index contributed by atoms with van der Waals surface area (Å²) >= 11 is 0. The molecular formula is C26H23N3O.